The molecule has 3 rings (SSSR count). The Balaban J connectivity index is 1.66. The van der Waals surface area contributed by atoms with E-state index < -0.39 is 0 Å². The first-order chi connectivity index (χ1) is 12.5. The number of aryl methyl sites for hydroxylation is 1. The molecule has 0 aliphatic rings. The number of benzene rings is 1. The molecule has 0 bridgehead atoms. The van der Waals surface area contributed by atoms with Crippen molar-refractivity contribution in [3.05, 3.63) is 40.3 Å². The summed E-state index contributed by atoms with van der Waals surface area (Å²) in [5.74, 6) is 0.982. The Hall–Kier alpha value is -2.94. The maximum absolute atomic E-state index is 12.2. The molecule has 3 N–H and O–H groups in total. The maximum Gasteiger partial charge on any atom is 0.275 e. The van der Waals surface area contributed by atoms with E-state index in [4.69, 9.17) is 9.47 Å². The van der Waals surface area contributed by atoms with Crippen LogP contribution in [0.4, 0.5) is 5.69 Å². The highest BCUT2D eigenvalue weighted by Gasteiger charge is 2.11. The lowest BCUT2D eigenvalue weighted by atomic mass is 10.2. The van der Waals surface area contributed by atoms with Crippen LogP contribution in [0.15, 0.2) is 34.2 Å². The minimum atomic E-state index is -0.258. The Kier molecular flexibility index (Phi) is 5.17. The molecule has 0 aliphatic carbocycles. The van der Waals surface area contributed by atoms with Crippen molar-refractivity contribution >= 4 is 34.4 Å². The third-order valence-electron chi connectivity index (χ3n) is 3.61. The molecule has 3 aromatic rings. The second-order valence-electron chi connectivity index (χ2n) is 5.49. The third kappa shape index (κ3) is 3.83. The minimum absolute atomic E-state index is 0.103. The van der Waals surface area contributed by atoms with Crippen LogP contribution in [0, 0.1) is 6.92 Å². The molecule has 1 amide bonds. The molecule has 0 atom stereocenters. The first-order valence-corrected chi connectivity index (χ1v) is 8.73. The van der Waals surface area contributed by atoms with Gasteiger partial charge >= 0.3 is 0 Å². The molecule has 136 valence electrons. The molecule has 0 aliphatic heterocycles. The number of H-pyrrole nitrogens is 2. The van der Waals surface area contributed by atoms with E-state index in [2.05, 4.69) is 20.3 Å². The van der Waals surface area contributed by atoms with Crippen molar-refractivity contribution in [2.45, 2.75) is 12.1 Å². The number of nitrogens with zero attached hydrogens (tertiary/aromatic N) is 1. The van der Waals surface area contributed by atoms with E-state index in [1.807, 2.05) is 6.92 Å². The number of aromatic amines is 2. The predicted octanol–water partition coefficient (Wildman–Crippen LogP) is 2.31. The summed E-state index contributed by atoms with van der Waals surface area (Å²) in [5.41, 5.74) is 2.19. The van der Waals surface area contributed by atoms with Crippen molar-refractivity contribution in [2.75, 3.05) is 25.3 Å². The Labute approximate surface area is 153 Å². The van der Waals surface area contributed by atoms with Gasteiger partial charge in [0.25, 0.3) is 5.56 Å². The number of aromatic nitrogens is 3. The van der Waals surface area contributed by atoms with Crippen LogP contribution in [0.5, 0.6) is 11.5 Å². The number of ether oxygens (including phenoxy) is 2. The van der Waals surface area contributed by atoms with E-state index in [1.165, 1.54) is 7.11 Å². The summed E-state index contributed by atoms with van der Waals surface area (Å²) in [4.78, 5) is 34.1. The number of anilines is 1. The van der Waals surface area contributed by atoms with Crippen LogP contribution in [0.3, 0.4) is 0 Å². The lowest BCUT2D eigenvalue weighted by Gasteiger charge is -2.10. The van der Waals surface area contributed by atoms with Gasteiger partial charge in [-0.1, -0.05) is 11.8 Å². The zero-order valence-electron chi connectivity index (χ0n) is 14.5. The average Bonchev–Trinajstić information content (AvgIpc) is 3.00. The van der Waals surface area contributed by atoms with Gasteiger partial charge in [0.2, 0.25) is 5.91 Å². The predicted molar refractivity (Wildman–Crippen MR) is 100 cm³/mol. The van der Waals surface area contributed by atoms with Crippen LogP contribution in [0.1, 0.15) is 5.69 Å². The molecule has 0 fully saturated rings. The first kappa shape index (κ1) is 17.9. The van der Waals surface area contributed by atoms with Gasteiger partial charge in [-0.3, -0.25) is 14.6 Å². The fourth-order valence-corrected chi connectivity index (χ4v) is 3.11. The van der Waals surface area contributed by atoms with Gasteiger partial charge in [-0.05, 0) is 25.1 Å². The van der Waals surface area contributed by atoms with E-state index in [1.54, 1.807) is 31.4 Å². The second-order valence-corrected chi connectivity index (χ2v) is 6.45. The van der Waals surface area contributed by atoms with Crippen LogP contribution in [0.2, 0.25) is 0 Å². The van der Waals surface area contributed by atoms with Crippen LogP contribution in [-0.2, 0) is 4.79 Å². The van der Waals surface area contributed by atoms with E-state index in [-0.39, 0.29) is 17.2 Å². The van der Waals surface area contributed by atoms with E-state index in [9.17, 15) is 9.59 Å². The molecule has 0 radical (unpaired) electrons. The quantitative estimate of drug-likeness (QED) is 0.451. The lowest BCUT2D eigenvalue weighted by molar-refractivity contribution is -0.113. The molecule has 26 heavy (non-hydrogen) atoms. The highest BCUT2D eigenvalue weighted by molar-refractivity contribution is 7.99. The molecular formula is C17H18N4O4S. The molecule has 0 unspecified atom stereocenters. The molecule has 2 heterocycles. The third-order valence-corrected chi connectivity index (χ3v) is 4.48. The normalized spacial score (nSPS) is 10.7. The molecular weight excluding hydrogens is 356 g/mol. The summed E-state index contributed by atoms with van der Waals surface area (Å²) in [6.45, 7) is 1.85. The van der Waals surface area contributed by atoms with Crippen LogP contribution >= 0.6 is 11.8 Å². The highest BCUT2D eigenvalue weighted by atomic mass is 32.2. The van der Waals surface area contributed by atoms with Crippen molar-refractivity contribution in [2.24, 2.45) is 0 Å². The van der Waals surface area contributed by atoms with Gasteiger partial charge in [0.1, 0.15) is 5.52 Å². The average molecular weight is 374 g/mol. The van der Waals surface area contributed by atoms with Gasteiger partial charge in [0.05, 0.1) is 25.5 Å². The zero-order chi connectivity index (χ0) is 18.7. The number of hydrogen-bond donors (Lipinski definition) is 3. The summed E-state index contributed by atoms with van der Waals surface area (Å²) in [7, 11) is 3.07. The minimum Gasteiger partial charge on any atom is -0.493 e. The van der Waals surface area contributed by atoms with Crippen molar-refractivity contribution in [1.29, 1.82) is 0 Å². The number of carbonyl (C=O) groups excluding carboxylic acids is 1. The van der Waals surface area contributed by atoms with Crippen LogP contribution in [-0.4, -0.2) is 40.8 Å². The summed E-state index contributed by atoms with van der Waals surface area (Å²) >= 11 is 1.16. The van der Waals surface area contributed by atoms with Gasteiger partial charge < -0.3 is 19.8 Å². The van der Waals surface area contributed by atoms with E-state index in [0.29, 0.717) is 33.4 Å². The number of carbonyl (C=O) groups is 1. The number of fused-ring (bicyclic) bond motifs is 1. The number of hydrogen-bond acceptors (Lipinski definition) is 6. The van der Waals surface area contributed by atoms with Crippen molar-refractivity contribution in [3.63, 3.8) is 0 Å². The summed E-state index contributed by atoms with van der Waals surface area (Å²) in [6, 6.07) is 6.90. The van der Waals surface area contributed by atoms with Crippen LogP contribution in [0.25, 0.3) is 11.0 Å². The number of thioether (sulfide) groups is 1. The number of amides is 1. The van der Waals surface area contributed by atoms with Gasteiger partial charge in [-0.25, -0.2) is 4.98 Å². The van der Waals surface area contributed by atoms with Gasteiger partial charge in [-0.15, -0.1) is 0 Å². The smallest absolute Gasteiger partial charge is 0.275 e. The van der Waals surface area contributed by atoms with Gasteiger partial charge in [0, 0.05) is 17.4 Å². The van der Waals surface area contributed by atoms with Crippen molar-refractivity contribution in [1.82, 2.24) is 15.0 Å². The molecule has 1 aromatic carbocycles. The molecule has 0 saturated heterocycles. The fourth-order valence-electron chi connectivity index (χ4n) is 2.45. The van der Waals surface area contributed by atoms with Crippen LogP contribution < -0.4 is 20.3 Å². The van der Waals surface area contributed by atoms with Gasteiger partial charge in [0.15, 0.2) is 16.7 Å². The van der Waals surface area contributed by atoms with Crippen molar-refractivity contribution in [3.8, 4) is 11.5 Å². The topological polar surface area (TPSA) is 109 Å². The molecule has 0 spiro atoms. The fraction of sp³-hybridized carbons (Fsp3) is 0.235. The first-order valence-electron chi connectivity index (χ1n) is 7.74. The Morgan fingerprint density at radius 2 is 1.96 bits per heavy atom. The largest absolute Gasteiger partial charge is 0.493 e. The SMILES string of the molecule is COc1ccc(NC(=O)CSc2nc3cc(C)[nH]c3c(=O)[nH]2)cc1OC. The monoisotopic (exact) mass is 374 g/mol. The number of nitrogens with one attached hydrogen (secondary N) is 3. The van der Waals surface area contributed by atoms with E-state index in [0.717, 1.165) is 17.5 Å². The molecule has 0 saturated carbocycles. The Morgan fingerprint density at radius 3 is 2.69 bits per heavy atom. The van der Waals surface area contributed by atoms with Gasteiger partial charge in [-0.2, -0.15) is 0 Å². The second kappa shape index (κ2) is 7.52. The zero-order valence-corrected chi connectivity index (χ0v) is 15.3. The number of rotatable bonds is 6. The molecule has 8 nitrogen and oxygen atoms in total. The summed E-state index contributed by atoms with van der Waals surface area (Å²) < 4.78 is 10.4. The van der Waals surface area contributed by atoms with E-state index >= 15 is 0 Å². The number of methoxy groups -OCH3 is 2. The molecule has 9 heteroatoms. The lowest BCUT2D eigenvalue weighted by Crippen LogP contribution is -2.15. The Morgan fingerprint density at radius 1 is 1.19 bits per heavy atom. The Bertz CT molecular complexity index is 1010. The van der Waals surface area contributed by atoms with Crippen molar-refractivity contribution < 1.29 is 14.3 Å². The maximum atomic E-state index is 12.2. The summed E-state index contributed by atoms with van der Waals surface area (Å²) in [5, 5.41) is 3.17. The molecule has 2 aromatic heterocycles. The highest BCUT2D eigenvalue weighted by Crippen LogP contribution is 2.29. The summed E-state index contributed by atoms with van der Waals surface area (Å²) in [6.07, 6.45) is 0. The standard InChI is InChI=1S/C17H18N4O4S/c1-9-6-11-15(18-9)16(23)21-17(20-11)26-8-14(22)19-10-4-5-12(24-2)13(7-10)25-3/h4-7,18H,8H2,1-3H3,(H,19,22)(H,20,21,23).